The Kier molecular flexibility index (Phi) is 5.90. The molecule has 0 bridgehead atoms. The summed E-state index contributed by atoms with van der Waals surface area (Å²) in [6, 6.07) is 11.7. The molecule has 2 aromatic carbocycles. The van der Waals surface area contributed by atoms with Gasteiger partial charge in [0.1, 0.15) is 6.61 Å². The molecule has 0 aromatic heterocycles. The number of halogens is 3. The fourth-order valence-corrected chi connectivity index (χ4v) is 5.59. The number of ether oxygens (including phenoxy) is 1. The van der Waals surface area contributed by atoms with E-state index in [1.54, 1.807) is 18.0 Å². The minimum absolute atomic E-state index is 0.137. The first-order valence-corrected chi connectivity index (χ1v) is 11.0. The number of cyclic esters (lactones) is 1. The van der Waals surface area contributed by atoms with Crippen LogP contribution in [0.1, 0.15) is 18.4 Å². The first kappa shape index (κ1) is 19.4. The van der Waals surface area contributed by atoms with Crippen molar-refractivity contribution in [1.29, 1.82) is 0 Å². The molecule has 0 N–H and O–H groups in total. The molecule has 2 aliphatic rings. The van der Waals surface area contributed by atoms with Gasteiger partial charge in [-0.1, -0.05) is 39.1 Å². The van der Waals surface area contributed by atoms with E-state index in [2.05, 4.69) is 20.2 Å². The van der Waals surface area contributed by atoms with Gasteiger partial charge in [-0.3, -0.25) is 4.90 Å². The molecule has 4 nitrogen and oxygen atoms in total. The fraction of sp³-hybridized carbons (Fsp3) is 0.316. The third-order valence-electron chi connectivity index (χ3n) is 4.71. The van der Waals surface area contributed by atoms with Gasteiger partial charge in [0.2, 0.25) is 0 Å². The minimum atomic E-state index is -0.252. The summed E-state index contributed by atoms with van der Waals surface area (Å²) in [5, 5.41) is 1.28. The van der Waals surface area contributed by atoms with Gasteiger partial charge in [0, 0.05) is 44.1 Å². The molecule has 1 saturated heterocycles. The van der Waals surface area contributed by atoms with Gasteiger partial charge in [-0.2, -0.15) is 0 Å². The van der Waals surface area contributed by atoms with E-state index in [0.29, 0.717) is 16.7 Å². The third-order valence-corrected chi connectivity index (χ3v) is 6.71. The average Bonchev–Trinajstić information content (AvgIpc) is 2.62. The summed E-state index contributed by atoms with van der Waals surface area (Å²) in [5.74, 6) is 0. The Hall–Kier alpha value is -0.920. The molecular formula is C19H17BrCl2N2O2S. The van der Waals surface area contributed by atoms with E-state index in [1.165, 1.54) is 0 Å². The van der Waals surface area contributed by atoms with Gasteiger partial charge >= 0.3 is 6.09 Å². The van der Waals surface area contributed by atoms with Crippen LogP contribution >= 0.6 is 51.1 Å². The summed E-state index contributed by atoms with van der Waals surface area (Å²) in [6.07, 6.45) is 1.51. The summed E-state index contributed by atoms with van der Waals surface area (Å²) in [5.41, 5.74) is 2.00. The Labute approximate surface area is 181 Å². The first-order chi connectivity index (χ1) is 13.0. The summed E-state index contributed by atoms with van der Waals surface area (Å²) in [4.78, 5) is 15.3. The van der Waals surface area contributed by atoms with Gasteiger partial charge in [-0.05, 0) is 61.2 Å². The van der Waals surface area contributed by atoms with Crippen LogP contribution in [0.4, 0.5) is 10.5 Å². The van der Waals surface area contributed by atoms with E-state index >= 15 is 0 Å². The number of hydrogen-bond donors (Lipinski definition) is 0. The highest BCUT2D eigenvalue weighted by atomic mass is 79.9. The second kappa shape index (κ2) is 8.21. The molecule has 4 rings (SSSR count). The van der Waals surface area contributed by atoms with Crippen molar-refractivity contribution in [2.24, 2.45) is 0 Å². The maximum atomic E-state index is 12.4. The number of benzene rings is 2. The molecule has 0 unspecified atom stereocenters. The standard InChI is InChI=1S/C19H17BrCl2N2O2S/c20-13-1-2-18-12(7-13)11-26-19(25)24(18)16-3-5-23(6-4-16)27-17-9-14(21)8-15(22)10-17/h1-2,7-10,16H,3-6,11H2. The smallest absolute Gasteiger partial charge is 0.414 e. The number of piperidine rings is 1. The molecule has 1 fully saturated rings. The predicted octanol–water partition coefficient (Wildman–Crippen LogP) is 6.38. The molecule has 0 atom stereocenters. The van der Waals surface area contributed by atoms with E-state index in [-0.39, 0.29) is 12.1 Å². The molecule has 2 heterocycles. The summed E-state index contributed by atoms with van der Waals surface area (Å²) >= 11 is 17.3. The molecule has 0 aliphatic carbocycles. The van der Waals surface area contributed by atoms with Crippen LogP contribution in [-0.2, 0) is 11.3 Å². The number of carbonyl (C=O) groups excluding carboxylic acids is 1. The third kappa shape index (κ3) is 4.40. The lowest BCUT2D eigenvalue weighted by molar-refractivity contribution is 0.136. The normalized spacial score (nSPS) is 18.3. The molecule has 142 valence electrons. The number of fused-ring (bicyclic) bond motifs is 1. The summed E-state index contributed by atoms with van der Waals surface area (Å²) in [7, 11) is 0. The van der Waals surface area contributed by atoms with Crippen molar-refractivity contribution in [1.82, 2.24) is 4.31 Å². The van der Waals surface area contributed by atoms with Crippen LogP contribution in [0, 0.1) is 0 Å². The maximum Gasteiger partial charge on any atom is 0.414 e. The van der Waals surface area contributed by atoms with Crippen molar-refractivity contribution in [2.45, 2.75) is 30.4 Å². The second-order valence-electron chi connectivity index (χ2n) is 6.55. The van der Waals surface area contributed by atoms with Gasteiger partial charge in [0.15, 0.2) is 0 Å². The van der Waals surface area contributed by atoms with E-state index in [1.807, 2.05) is 35.2 Å². The van der Waals surface area contributed by atoms with Gasteiger partial charge in [-0.25, -0.2) is 9.10 Å². The Morgan fingerprint density at radius 2 is 1.78 bits per heavy atom. The lowest BCUT2D eigenvalue weighted by Crippen LogP contribution is -2.48. The highest BCUT2D eigenvalue weighted by molar-refractivity contribution is 9.10. The number of rotatable bonds is 3. The van der Waals surface area contributed by atoms with Crippen LogP contribution in [0.2, 0.25) is 10.0 Å². The Bertz CT molecular complexity index is 855. The average molecular weight is 488 g/mol. The topological polar surface area (TPSA) is 32.8 Å². The van der Waals surface area contributed by atoms with Crippen LogP contribution in [0.25, 0.3) is 0 Å². The maximum absolute atomic E-state index is 12.4. The molecule has 0 saturated carbocycles. The number of amides is 1. The molecule has 8 heteroatoms. The van der Waals surface area contributed by atoms with Crippen molar-refractivity contribution in [3.63, 3.8) is 0 Å². The molecular weight excluding hydrogens is 471 g/mol. The number of carbonyl (C=O) groups is 1. The molecule has 0 radical (unpaired) electrons. The van der Waals surface area contributed by atoms with Crippen molar-refractivity contribution in [2.75, 3.05) is 18.0 Å². The van der Waals surface area contributed by atoms with Crippen LogP contribution < -0.4 is 4.90 Å². The summed E-state index contributed by atoms with van der Waals surface area (Å²) in [6.45, 7) is 2.07. The van der Waals surface area contributed by atoms with Crippen molar-refractivity contribution in [3.05, 3.63) is 56.5 Å². The monoisotopic (exact) mass is 486 g/mol. The number of hydrogen-bond acceptors (Lipinski definition) is 4. The molecule has 1 amide bonds. The van der Waals surface area contributed by atoms with Crippen molar-refractivity contribution >= 4 is 62.9 Å². The lowest BCUT2D eigenvalue weighted by atomic mass is 10.0. The molecule has 27 heavy (non-hydrogen) atoms. The van der Waals surface area contributed by atoms with Gasteiger partial charge < -0.3 is 4.74 Å². The zero-order chi connectivity index (χ0) is 19.0. The van der Waals surface area contributed by atoms with Crippen LogP contribution in [0.3, 0.4) is 0 Å². The fourth-order valence-electron chi connectivity index (χ4n) is 3.48. The highest BCUT2D eigenvalue weighted by Gasteiger charge is 2.34. The van der Waals surface area contributed by atoms with Crippen LogP contribution in [-0.4, -0.2) is 29.5 Å². The zero-order valence-corrected chi connectivity index (χ0v) is 18.2. The Balaban J connectivity index is 1.44. The van der Waals surface area contributed by atoms with Crippen LogP contribution in [0.15, 0.2) is 45.8 Å². The van der Waals surface area contributed by atoms with Gasteiger partial charge in [0.25, 0.3) is 0 Å². The van der Waals surface area contributed by atoms with E-state index in [9.17, 15) is 4.79 Å². The van der Waals surface area contributed by atoms with E-state index in [0.717, 1.165) is 46.6 Å². The Morgan fingerprint density at radius 1 is 1.07 bits per heavy atom. The SMILES string of the molecule is O=C1OCc2cc(Br)ccc2N1C1CCN(Sc2cc(Cl)cc(Cl)c2)CC1. The number of nitrogens with zero attached hydrogens (tertiary/aromatic N) is 2. The van der Waals surface area contributed by atoms with Crippen LogP contribution in [0.5, 0.6) is 0 Å². The van der Waals surface area contributed by atoms with Crippen molar-refractivity contribution < 1.29 is 9.53 Å². The second-order valence-corrected chi connectivity index (χ2v) is 9.51. The lowest BCUT2D eigenvalue weighted by Gasteiger charge is -2.39. The van der Waals surface area contributed by atoms with E-state index in [4.69, 9.17) is 27.9 Å². The van der Waals surface area contributed by atoms with Gasteiger partial charge in [0.05, 0.1) is 5.69 Å². The number of anilines is 1. The molecule has 0 spiro atoms. The molecule has 2 aliphatic heterocycles. The minimum Gasteiger partial charge on any atom is -0.444 e. The first-order valence-electron chi connectivity index (χ1n) is 8.63. The quantitative estimate of drug-likeness (QED) is 0.470. The molecule has 2 aromatic rings. The van der Waals surface area contributed by atoms with Crippen molar-refractivity contribution in [3.8, 4) is 0 Å². The predicted molar refractivity (Wildman–Crippen MR) is 114 cm³/mol. The van der Waals surface area contributed by atoms with Gasteiger partial charge in [-0.15, -0.1) is 0 Å². The largest absolute Gasteiger partial charge is 0.444 e. The Morgan fingerprint density at radius 3 is 2.48 bits per heavy atom. The highest BCUT2D eigenvalue weighted by Crippen LogP contribution is 2.36. The van der Waals surface area contributed by atoms with E-state index < -0.39 is 0 Å². The zero-order valence-electron chi connectivity index (χ0n) is 14.3. The summed E-state index contributed by atoms with van der Waals surface area (Å²) < 4.78 is 8.67.